The molecule has 3 aromatic rings. The van der Waals surface area contributed by atoms with Crippen LogP contribution in [0.1, 0.15) is 27.2 Å². The largest absolute Gasteiger partial charge is 0.364 e. The van der Waals surface area contributed by atoms with Crippen molar-refractivity contribution in [3.63, 3.8) is 0 Å². The van der Waals surface area contributed by atoms with Crippen LogP contribution in [-0.4, -0.2) is 35.3 Å². The summed E-state index contributed by atoms with van der Waals surface area (Å²) in [4.78, 5) is 14.5. The van der Waals surface area contributed by atoms with Gasteiger partial charge in [-0.05, 0) is 35.2 Å². The molecular weight excluding hydrogens is 381 g/mol. The number of nitrogens with zero attached hydrogens (tertiary/aromatic N) is 3. The second-order valence-electron chi connectivity index (χ2n) is 8.15. The van der Waals surface area contributed by atoms with Crippen LogP contribution in [0.25, 0.3) is 11.1 Å². The van der Waals surface area contributed by atoms with E-state index < -0.39 is 5.91 Å². The lowest BCUT2D eigenvalue weighted by molar-refractivity contribution is 0.0992. The van der Waals surface area contributed by atoms with Crippen molar-refractivity contribution in [3.8, 4) is 11.1 Å². The number of halogens is 1. The third-order valence-corrected chi connectivity index (χ3v) is 6.57. The number of carbonyl (C=O) groups excluding carboxylic acids is 1. The third kappa shape index (κ3) is 2.51. The number of aromatic nitrogens is 2. The number of hydrogen-bond acceptors (Lipinski definition) is 4. The lowest BCUT2D eigenvalue weighted by atomic mass is 9.82. The van der Waals surface area contributed by atoms with Gasteiger partial charge in [-0.15, -0.1) is 0 Å². The molecule has 1 fully saturated rings. The summed E-state index contributed by atoms with van der Waals surface area (Å²) in [6.07, 6.45) is 2.33. The van der Waals surface area contributed by atoms with Crippen molar-refractivity contribution in [2.75, 3.05) is 24.5 Å². The van der Waals surface area contributed by atoms with E-state index in [9.17, 15) is 4.79 Å². The van der Waals surface area contributed by atoms with Crippen LogP contribution in [-0.2, 0) is 19.0 Å². The van der Waals surface area contributed by atoms with Crippen molar-refractivity contribution in [1.29, 1.82) is 0 Å². The zero-order valence-corrected chi connectivity index (χ0v) is 17.1. The van der Waals surface area contributed by atoms with Gasteiger partial charge in [0.25, 0.3) is 5.91 Å². The van der Waals surface area contributed by atoms with E-state index in [0.717, 1.165) is 36.4 Å². The molecular formula is C23H24FN5O. The maximum Gasteiger partial charge on any atom is 0.267 e. The lowest BCUT2D eigenvalue weighted by Gasteiger charge is -2.45. The van der Waals surface area contributed by atoms with Crippen molar-refractivity contribution in [3.05, 3.63) is 70.8 Å². The molecule has 0 saturated carbocycles. The minimum atomic E-state index is -0.572. The first-order valence-corrected chi connectivity index (χ1v) is 10.1. The molecule has 0 radical (unpaired) electrons. The van der Waals surface area contributed by atoms with E-state index >= 15 is 4.39 Å². The maximum absolute atomic E-state index is 15.2. The topological polar surface area (TPSA) is 76.2 Å². The normalized spacial score (nSPS) is 20.2. The van der Waals surface area contributed by atoms with E-state index in [1.54, 1.807) is 26.2 Å². The van der Waals surface area contributed by atoms with E-state index in [4.69, 9.17) is 5.73 Å². The Morgan fingerprint density at radius 2 is 2.07 bits per heavy atom. The van der Waals surface area contributed by atoms with Gasteiger partial charge >= 0.3 is 0 Å². The van der Waals surface area contributed by atoms with E-state index in [-0.39, 0.29) is 11.4 Å². The molecule has 1 saturated heterocycles. The summed E-state index contributed by atoms with van der Waals surface area (Å²) in [7, 11) is 1.68. The SMILES string of the molecule is Cc1c(F)cc2c(c1-c1cnn(C)c1C(N)=O)C[C@]1(c3ccccc3)CNCCN21. The number of benzene rings is 2. The molecule has 2 aliphatic rings. The minimum Gasteiger partial charge on any atom is -0.364 e. The summed E-state index contributed by atoms with van der Waals surface area (Å²) in [5.41, 5.74) is 10.6. The highest BCUT2D eigenvalue weighted by Gasteiger charge is 2.48. The molecule has 154 valence electrons. The zero-order valence-electron chi connectivity index (χ0n) is 17.1. The molecule has 5 rings (SSSR count). The molecule has 7 heteroatoms. The smallest absolute Gasteiger partial charge is 0.267 e. The second kappa shape index (κ2) is 6.67. The number of nitrogens with one attached hydrogen (secondary N) is 1. The highest BCUT2D eigenvalue weighted by molar-refractivity contribution is 5.99. The fraction of sp³-hybridized carbons (Fsp3) is 0.304. The van der Waals surface area contributed by atoms with Crippen molar-refractivity contribution >= 4 is 11.6 Å². The van der Waals surface area contributed by atoms with E-state index in [0.29, 0.717) is 23.2 Å². The number of fused-ring (bicyclic) bond motifs is 3. The fourth-order valence-electron chi connectivity index (χ4n) is 5.19. The monoisotopic (exact) mass is 405 g/mol. The van der Waals surface area contributed by atoms with E-state index in [1.165, 1.54) is 10.2 Å². The molecule has 0 aliphatic carbocycles. The molecule has 30 heavy (non-hydrogen) atoms. The molecule has 0 bridgehead atoms. The molecule has 0 unspecified atom stereocenters. The van der Waals surface area contributed by atoms with Crippen LogP contribution in [0, 0.1) is 12.7 Å². The van der Waals surface area contributed by atoms with Crippen LogP contribution in [0.5, 0.6) is 0 Å². The van der Waals surface area contributed by atoms with Gasteiger partial charge in [0.05, 0.1) is 11.7 Å². The Labute approximate surface area is 174 Å². The molecule has 3 N–H and O–H groups in total. The molecule has 2 aliphatic heterocycles. The first kappa shape index (κ1) is 18.8. The van der Waals surface area contributed by atoms with Gasteiger partial charge in [-0.2, -0.15) is 5.10 Å². The predicted molar refractivity (Wildman–Crippen MR) is 114 cm³/mol. The number of carbonyl (C=O) groups is 1. The van der Waals surface area contributed by atoms with Crippen LogP contribution < -0.4 is 16.0 Å². The minimum absolute atomic E-state index is 0.287. The Bertz CT molecular complexity index is 1160. The Morgan fingerprint density at radius 1 is 1.30 bits per heavy atom. The highest BCUT2D eigenvalue weighted by Crippen LogP contribution is 2.50. The van der Waals surface area contributed by atoms with E-state index in [2.05, 4.69) is 27.4 Å². The summed E-state index contributed by atoms with van der Waals surface area (Å²) in [6, 6.07) is 12.0. The van der Waals surface area contributed by atoms with Gasteiger partial charge in [0.1, 0.15) is 11.5 Å². The Hall–Kier alpha value is -3.19. The fourth-order valence-corrected chi connectivity index (χ4v) is 5.19. The maximum atomic E-state index is 15.2. The number of primary amides is 1. The average molecular weight is 405 g/mol. The summed E-state index contributed by atoms with van der Waals surface area (Å²) >= 11 is 0. The van der Waals surface area contributed by atoms with Gasteiger partial charge in [-0.1, -0.05) is 30.3 Å². The lowest BCUT2D eigenvalue weighted by Crippen LogP contribution is -2.57. The van der Waals surface area contributed by atoms with Crippen LogP contribution >= 0.6 is 0 Å². The number of aryl methyl sites for hydroxylation is 1. The summed E-state index contributed by atoms with van der Waals surface area (Å²) in [6.45, 7) is 4.13. The molecule has 2 aromatic carbocycles. The number of hydrogen-bond donors (Lipinski definition) is 2. The summed E-state index contributed by atoms with van der Waals surface area (Å²) < 4.78 is 16.6. The average Bonchev–Trinajstić information content (AvgIpc) is 3.28. The zero-order chi connectivity index (χ0) is 21.0. The van der Waals surface area contributed by atoms with Gasteiger partial charge in [0, 0.05) is 44.4 Å². The highest BCUT2D eigenvalue weighted by atomic mass is 19.1. The first-order chi connectivity index (χ1) is 14.4. The van der Waals surface area contributed by atoms with Crippen LogP contribution in [0.3, 0.4) is 0 Å². The third-order valence-electron chi connectivity index (χ3n) is 6.57. The van der Waals surface area contributed by atoms with Gasteiger partial charge < -0.3 is 16.0 Å². The van der Waals surface area contributed by atoms with Crippen molar-refractivity contribution in [2.45, 2.75) is 18.9 Å². The molecule has 1 aromatic heterocycles. The molecule has 0 spiro atoms. The first-order valence-electron chi connectivity index (χ1n) is 10.1. The van der Waals surface area contributed by atoms with Crippen molar-refractivity contribution in [2.24, 2.45) is 12.8 Å². The van der Waals surface area contributed by atoms with Crippen molar-refractivity contribution in [1.82, 2.24) is 15.1 Å². The number of nitrogens with two attached hydrogens (primary N) is 1. The van der Waals surface area contributed by atoms with Gasteiger partial charge in [-0.25, -0.2) is 4.39 Å². The standard InChI is InChI=1S/C23H24FN5O/c1-14-18(24)10-19-16(20(14)17-12-27-28(2)21(17)22(25)30)11-23(13-26-8-9-29(19)23)15-6-4-3-5-7-15/h3-7,10,12,26H,8-9,11,13H2,1-2H3,(H2,25,30)/t23-/m1/s1. The number of rotatable bonds is 3. The number of anilines is 1. The predicted octanol–water partition coefficient (Wildman–Crippen LogP) is 2.49. The van der Waals surface area contributed by atoms with E-state index in [1.807, 2.05) is 18.2 Å². The van der Waals surface area contributed by atoms with Crippen molar-refractivity contribution < 1.29 is 9.18 Å². The number of piperazine rings is 1. The van der Waals surface area contributed by atoms with Crippen LogP contribution in [0.4, 0.5) is 10.1 Å². The van der Waals surface area contributed by atoms with Gasteiger partial charge in [0.15, 0.2) is 0 Å². The Kier molecular flexibility index (Phi) is 4.18. The Morgan fingerprint density at radius 3 is 2.80 bits per heavy atom. The summed E-state index contributed by atoms with van der Waals surface area (Å²) in [5, 5.41) is 7.77. The van der Waals surface area contributed by atoms with Crippen LogP contribution in [0.2, 0.25) is 0 Å². The van der Waals surface area contributed by atoms with Gasteiger partial charge in [-0.3, -0.25) is 9.48 Å². The molecule has 1 amide bonds. The summed E-state index contributed by atoms with van der Waals surface area (Å²) in [5.74, 6) is -0.858. The molecule has 1 atom stereocenters. The number of amides is 1. The van der Waals surface area contributed by atoms with Gasteiger partial charge in [0.2, 0.25) is 0 Å². The van der Waals surface area contributed by atoms with Crippen LogP contribution in [0.15, 0.2) is 42.6 Å². The molecule has 3 heterocycles. The second-order valence-corrected chi connectivity index (χ2v) is 8.15. The molecule has 6 nitrogen and oxygen atoms in total. The quantitative estimate of drug-likeness (QED) is 0.702. The Balaban J connectivity index is 1.78.